The predicted molar refractivity (Wildman–Crippen MR) is 53.7 cm³/mol. The van der Waals surface area contributed by atoms with Crippen LogP contribution in [-0.4, -0.2) is 27.7 Å². The van der Waals surface area contributed by atoms with Gasteiger partial charge in [-0.15, -0.1) is 0 Å². The van der Waals surface area contributed by atoms with Crippen LogP contribution in [0.4, 0.5) is 11.6 Å². The van der Waals surface area contributed by atoms with Gasteiger partial charge >= 0.3 is 0 Å². The summed E-state index contributed by atoms with van der Waals surface area (Å²) in [6.07, 6.45) is 5.45. The number of aromatic nitrogens is 2. The Hall–Kier alpha value is -1.36. The van der Waals surface area contributed by atoms with Crippen molar-refractivity contribution in [3.05, 3.63) is 12.4 Å². The highest BCUT2D eigenvalue weighted by Crippen LogP contribution is 2.33. The Labute approximate surface area is 82.4 Å². The van der Waals surface area contributed by atoms with Crippen molar-refractivity contribution in [1.29, 1.82) is 0 Å². The highest BCUT2D eigenvalue weighted by atomic mass is 16.3. The van der Waals surface area contributed by atoms with Gasteiger partial charge in [0.2, 0.25) is 5.95 Å². The number of nitrogens with two attached hydrogens (primary N) is 1. The Kier molecular flexibility index (Phi) is 2.49. The summed E-state index contributed by atoms with van der Waals surface area (Å²) < 4.78 is 0. The van der Waals surface area contributed by atoms with Crippen LogP contribution in [0.1, 0.15) is 12.8 Å². The molecule has 5 nitrogen and oxygen atoms in total. The Bertz CT molecular complexity index is 296. The summed E-state index contributed by atoms with van der Waals surface area (Å²) in [5.74, 6) is 1.10. The van der Waals surface area contributed by atoms with Crippen molar-refractivity contribution in [3.63, 3.8) is 0 Å². The third-order valence-electron chi connectivity index (χ3n) is 2.37. The van der Waals surface area contributed by atoms with Crippen LogP contribution in [0.25, 0.3) is 0 Å². The molecule has 1 fully saturated rings. The molecule has 0 aliphatic heterocycles. The average Bonchev–Trinajstić information content (AvgIpc) is 3.01. The zero-order valence-electron chi connectivity index (χ0n) is 7.85. The van der Waals surface area contributed by atoms with Crippen LogP contribution in [-0.2, 0) is 0 Å². The maximum atomic E-state index is 9.11. The summed E-state index contributed by atoms with van der Waals surface area (Å²) in [5.41, 5.74) is 6.00. The van der Waals surface area contributed by atoms with E-state index in [0.29, 0.717) is 17.6 Å². The molecule has 0 radical (unpaired) electrons. The van der Waals surface area contributed by atoms with Crippen molar-refractivity contribution in [1.82, 2.24) is 9.97 Å². The van der Waals surface area contributed by atoms with Crippen molar-refractivity contribution in [2.45, 2.75) is 18.9 Å². The number of hydrogen-bond acceptors (Lipinski definition) is 5. The molecule has 1 aromatic heterocycles. The molecule has 14 heavy (non-hydrogen) atoms. The van der Waals surface area contributed by atoms with Gasteiger partial charge in [0.1, 0.15) is 0 Å². The molecule has 0 unspecified atom stereocenters. The fraction of sp³-hybridized carbons (Fsp3) is 0.556. The van der Waals surface area contributed by atoms with Crippen LogP contribution in [0, 0.1) is 5.92 Å². The Balaban J connectivity index is 1.98. The quantitative estimate of drug-likeness (QED) is 0.639. The second-order valence-electron chi connectivity index (χ2n) is 3.61. The van der Waals surface area contributed by atoms with Crippen molar-refractivity contribution in [2.24, 2.45) is 5.92 Å². The third-order valence-corrected chi connectivity index (χ3v) is 2.37. The van der Waals surface area contributed by atoms with E-state index in [0.717, 1.165) is 0 Å². The fourth-order valence-electron chi connectivity index (χ4n) is 1.39. The van der Waals surface area contributed by atoms with Gasteiger partial charge < -0.3 is 16.2 Å². The van der Waals surface area contributed by atoms with Crippen LogP contribution in [0.3, 0.4) is 0 Å². The lowest BCUT2D eigenvalue weighted by molar-refractivity contribution is 0.263. The first kappa shape index (κ1) is 9.21. The highest BCUT2D eigenvalue weighted by molar-refractivity contribution is 5.36. The standard InChI is InChI=1S/C9H14N4O/c10-7-3-11-9(12-4-7)13-8(5-14)6-1-2-6/h3-4,6,8,14H,1-2,5,10H2,(H,11,12,13)/t8-/m0/s1. The molecule has 1 saturated carbocycles. The van der Waals surface area contributed by atoms with Crippen LogP contribution >= 0.6 is 0 Å². The maximum absolute atomic E-state index is 9.11. The monoisotopic (exact) mass is 194 g/mol. The molecule has 0 saturated heterocycles. The van der Waals surface area contributed by atoms with E-state index in [4.69, 9.17) is 10.8 Å². The molecular weight excluding hydrogens is 180 g/mol. The number of aliphatic hydroxyl groups excluding tert-OH is 1. The van der Waals surface area contributed by atoms with Crippen LogP contribution in [0.15, 0.2) is 12.4 Å². The minimum atomic E-state index is 0.0821. The lowest BCUT2D eigenvalue weighted by Crippen LogP contribution is -2.27. The van der Waals surface area contributed by atoms with Crippen molar-refractivity contribution < 1.29 is 5.11 Å². The lowest BCUT2D eigenvalue weighted by atomic mass is 10.2. The molecule has 1 aromatic rings. The smallest absolute Gasteiger partial charge is 0.223 e. The minimum Gasteiger partial charge on any atom is -0.396 e. The predicted octanol–water partition coefficient (Wildman–Crippen LogP) is 0.242. The van der Waals surface area contributed by atoms with Gasteiger partial charge in [0.25, 0.3) is 0 Å². The molecule has 0 bridgehead atoms. The van der Waals surface area contributed by atoms with Crippen molar-refractivity contribution in [2.75, 3.05) is 17.7 Å². The van der Waals surface area contributed by atoms with Crippen molar-refractivity contribution in [3.8, 4) is 0 Å². The van der Waals surface area contributed by atoms with E-state index >= 15 is 0 Å². The van der Waals surface area contributed by atoms with Crippen LogP contribution in [0.2, 0.25) is 0 Å². The van der Waals surface area contributed by atoms with Gasteiger partial charge in [0.15, 0.2) is 0 Å². The number of nitrogens with one attached hydrogen (secondary N) is 1. The second kappa shape index (κ2) is 3.79. The SMILES string of the molecule is Nc1cnc(N[C@@H](CO)C2CC2)nc1. The summed E-state index contributed by atoms with van der Waals surface area (Å²) in [6, 6.07) is 0.0821. The first-order valence-corrected chi connectivity index (χ1v) is 4.74. The summed E-state index contributed by atoms with van der Waals surface area (Å²) in [5, 5.41) is 12.2. The van der Waals surface area contributed by atoms with Gasteiger partial charge in [-0.2, -0.15) is 0 Å². The summed E-state index contributed by atoms with van der Waals surface area (Å²) in [4.78, 5) is 8.04. The Morgan fingerprint density at radius 3 is 2.64 bits per heavy atom. The molecule has 1 heterocycles. The average molecular weight is 194 g/mol. The van der Waals surface area contributed by atoms with Gasteiger partial charge in [-0.3, -0.25) is 0 Å². The Morgan fingerprint density at radius 2 is 2.14 bits per heavy atom. The number of nitrogen functional groups attached to an aromatic ring is 1. The maximum Gasteiger partial charge on any atom is 0.223 e. The molecule has 0 aromatic carbocycles. The molecule has 76 valence electrons. The Morgan fingerprint density at radius 1 is 1.50 bits per heavy atom. The molecular formula is C9H14N4O. The van der Waals surface area contributed by atoms with Gasteiger partial charge in [-0.05, 0) is 18.8 Å². The zero-order chi connectivity index (χ0) is 9.97. The molecule has 4 N–H and O–H groups in total. The molecule has 1 aliphatic rings. The minimum absolute atomic E-state index is 0.0821. The summed E-state index contributed by atoms with van der Waals surface area (Å²) in [7, 11) is 0. The molecule has 1 atom stereocenters. The molecule has 0 spiro atoms. The van der Waals surface area contributed by atoms with E-state index in [1.807, 2.05) is 0 Å². The zero-order valence-corrected chi connectivity index (χ0v) is 7.85. The van der Waals surface area contributed by atoms with E-state index < -0.39 is 0 Å². The molecule has 1 aliphatic carbocycles. The normalized spacial score (nSPS) is 17.8. The van der Waals surface area contributed by atoms with Gasteiger partial charge in [0.05, 0.1) is 30.7 Å². The summed E-state index contributed by atoms with van der Waals surface area (Å²) >= 11 is 0. The van der Waals surface area contributed by atoms with Crippen LogP contribution in [0.5, 0.6) is 0 Å². The van der Waals surface area contributed by atoms with E-state index in [9.17, 15) is 0 Å². The lowest BCUT2D eigenvalue weighted by Gasteiger charge is -2.14. The van der Waals surface area contributed by atoms with Crippen molar-refractivity contribution >= 4 is 11.6 Å². The fourth-order valence-corrected chi connectivity index (χ4v) is 1.39. The first-order valence-electron chi connectivity index (χ1n) is 4.74. The molecule has 2 rings (SSSR count). The van der Waals surface area contributed by atoms with E-state index in [2.05, 4.69) is 15.3 Å². The van der Waals surface area contributed by atoms with E-state index in [1.165, 1.54) is 12.8 Å². The summed E-state index contributed by atoms with van der Waals surface area (Å²) in [6.45, 7) is 0.123. The number of aliphatic hydroxyl groups is 1. The van der Waals surface area contributed by atoms with Gasteiger partial charge in [-0.1, -0.05) is 0 Å². The topological polar surface area (TPSA) is 84.1 Å². The van der Waals surface area contributed by atoms with E-state index in [1.54, 1.807) is 12.4 Å². The first-order chi connectivity index (χ1) is 6.79. The number of hydrogen-bond donors (Lipinski definition) is 3. The largest absolute Gasteiger partial charge is 0.396 e. The number of anilines is 2. The molecule has 5 heteroatoms. The van der Waals surface area contributed by atoms with Crippen LogP contribution < -0.4 is 11.1 Å². The number of rotatable bonds is 4. The van der Waals surface area contributed by atoms with Gasteiger partial charge in [-0.25, -0.2) is 9.97 Å². The number of nitrogens with zero attached hydrogens (tertiary/aromatic N) is 2. The highest BCUT2D eigenvalue weighted by Gasteiger charge is 2.30. The van der Waals surface area contributed by atoms with Gasteiger partial charge in [0, 0.05) is 0 Å². The third kappa shape index (κ3) is 2.11. The van der Waals surface area contributed by atoms with E-state index in [-0.39, 0.29) is 12.6 Å². The molecule has 0 amide bonds. The second-order valence-corrected chi connectivity index (χ2v) is 3.61.